The molecule has 7 nitrogen and oxygen atoms in total. The minimum atomic E-state index is -4.30. The van der Waals surface area contributed by atoms with Crippen molar-refractivity contribution in [3.63, 3.8) is 0 Å². The highest BCUT2D eigenvalue weighted by Gasteiger charge is 2.44. The Labute approximate surface area is 198 Å². The van der Waals surface area contributed by atoms with Gasteiger partial charge < -0.3 is 14.7 Å². The van der Waals surface area contributed by atoms with E-state index in [4.69, 9.17) is 16.3 Å². The maximum atomic E-state index is 14.8. The number of sulfonamides is 1. The third-order valence-electron chi connectivity index (χ3n) is 6.01. The Morgan fingerprint density at radius 3 is 2.55 bits per heavy atom. The molecular formula is C23H28ClFN2O5S. The van der Waals surface area contributed by atoms with E-state index >= 15 is 0 Å². The smallest absolute Gasteiger partial charge is 0.322 e. The maximum absolute atomic E-state index is 14.8. The number of hydrogen-bond acceptors (Lipinski definition) is 5. The first-order chi connectivity index (χ1) is 15.4. The molecule has 0 aliphatic carbocycles. The van der Waals surface area contributed by atoms with Crippen molar-refractivity contribution in [2.24, 2.45) is 0 Å². The Morgan fingerprint density at radius 1 is 1.27 bits per heavy atom. The number of nitrogens with zero attached hydrogens (tertiary/aromatic N) is 2. The average molecular weight is 499 g/mol. The zero-order chi connectivity index (χ0) is 24.7. The molecule has 0 aromatic heterocycles. The van der Waals surface area contributed by atoms with E-state index in [0.29, 0.717) is 22.7 Å². The molecule has 33 heavy (non-hydrogen) atoms. The standard InChI is InChI=1S/C23H28ClFN2O5S/c1-13-6-8-18(25)20(14(13)2)15(3)21(23(28)29)27-10-11-32-22-16(12-26(4)5)17(24)7-9-19(22)33(27,30)31/h6-9,15,21H,10-12H2,1-5H3,(H,28,29)/t15?,21-/m0/s1. The lowest BCUT2D eigenvalue weighted by Crippen LogP contribution is -2.48. The topological polar surface area (TPSA) is 87.2 Å². The van der Waals surface area contributed by atoms with Crippen LogP contribution in [0.15, 0.2) is 29.2 Å². The van der Waals surface area contributed by atoms with Crippen LogP contribution in [0.4, 0.5) is 4.39 Å². The molecule has 10 heteroatoms. The van der Waals surface area contributed by atoms with Gasteiger partial charge in [0.25, 0.3) is 0 Å². The number of aliphatic carboxylic acids is 1. The number of benzene rings is 2. The molecule has 2 aromatic rings. The number of ether oxygens (including phenoxy) is 1. The Morgan fingerprint density at radius 2 is 1.94 bits per heavy atom. The lowest BCUT2D eigenvalue weighted by Gasteiger charge is -2.31. The largest absolute Gasteiger partial charge is 0.490 e. The molecule has 2 aromatic carbocycles. The van der Waals surface area contributed by atoms with Crippen molar-refractivity contribution in [1.82, 2.24) is 9.21 Å². The van der Waals surface area contributed by atoms with Crippen LogP contribution in [0.3, 0.4) is 0 Å². The number of carboxylic acid groups (broad SMARTS) is 1. The quantitative estimate of drug-likeness (QED) is 0.652. The molecule has 0 spiro atoms. The van der Waals surface area contributed by atoms with Crippen LogP contribution in [-0.4, -0.2) is 62.0 Å². The van der Waals surface area contributed by atoms with E-state index in [1.807, 2.05) is 19.0 Å². The summed E-state index contributed by atoms with van der Waals surface area (Å²) >= 11 is 6.33. The van der Waals surface area contributed by atoms with Gasteiger partial charge in [0.1, 0.15) is 29.1 Å². The highest BCUT2D eigenvalue weighted by atomic mass is 35.5. The fourth-order valence-electron chi connectivity index (χ4n) is 4.29. The van der Waals surface area contributed by atoms with E-state index in [9.17, 15) is 22.7 Å². The fraction of sp³-hybridized carbons (Fsp3) is 0.435. The van der Waals surface area contributed by atoms with Crippen molar-refractivity contribution in [3.05, 3.63) is 57.4 Å². The van der Waals surface area contributed by atoms with Crippen LogP contribution in [0.1, 0.15) is 35.1 Å². The van der Waals surface area contributed by atoms with Gasteiger partial charge in [-0.2, -0.15) is 4.31 Å². The average Bonchev–Trinajstić information content (AvgIpc) is 2.83. The van der Waals surface area contributed by atoms with Crippen molar-refractivity contribution in [2.45, 2.75) is 44.2 Å². The van der Waals surface area contributed by atoms with Gasteiger partial charge in [-0.25, -0.2) is 12.8 Å². The van der Waals surface area contributed by atoms with Crippen molar-refractivity contribution >= 4 is 27.6 Å². The lowest BCUT2D eigenvalue weighted by molar-refractivity contribution is -0.142. The number of rotatable bonds is 6. The van der Waals surface area contributed by atoms with Gasteiger partial charge in [0.2, 0.25) is 10.0 Å². The molecule has 1 aliphatic heterocycles. The second kappa shape index (κ2) is 9.58. The van der Waals surface area contributed by atoms with E-state index in [-0.39, 0.29) is 29.4 Å². The summed E-state index contributed by atoms with van der Waals surface area (Å²) in [5.74, 6) is -2.77. The molecule has 0 saturated heterocycles. The number of carboxylic acids is 1. The first kappa shape index (κ1) is 25.4. The van der Waals surface area contributed by atoms with Crippen LogP contribution in [0.5, 0.6) is 5.75 Å². The summed E-state index contributed by atoms with van der Waals surface area (Å²) in [5, 5.41) is 10.5. The summed E-state index contributed by atoms with van der Waals surface area (Å²) in [6, 6.07) is 4.14. The summed E-state index contributed by atoms with van der Waals surface area (Å²) in [7, 11) is -0.672. The molecule has 3 rings (SSSR count). The molecule has 0 fully saturated rings. The zero-order valence-electron chi connectivity index (χ0n) is 19.2. The van der Waals surface area contributed by atoms with Crippen LogP contribution in [-0.2, 0) is 21.4 Å². The third kappa shape index (κ3) is 4.73. The van der Waals surface area contributed by atoms with E-state index < -0.39 is 33.8 Å². The van der Waals surface area contributed by atoms with E-state index in [2.05, 4.69) is 0 Å². The molecule has 0 saturated carbocycles. The van der Waals surface area contributed by atoms with Crippen LogP contribution in [0, 0.1) is 19.7 Å². The summed E-state index contributed by atoms with van der Waals surface area (Å²) < 4.78 is 49.0. The monoisotopic (exact) mass is 498 g/mol. The highest BCUT2D eigenvalue weighted by Crippen LogP contribution is 2.40. The molecule has 180 valence electrons. The molecule has 0 amide bonds. The van der Waals surface area contributed by atoms with Crippen LogP contribution < -0.4 is 4.74 Å². The Kier molecular flexibility index (Phi) is 7.38. The van der Waals surface area contributed by atoms with Gasteiger partial charge in [-0.05, 0) is 62.8 Å². The van der Waals surface area contributed by atoms with Crippen molar-refractivity contribution in [1.29, 1.82) is 0 Å². The van der Waals surface area contributed by atoms with Gasteiger partial charge in [-0.15, -0.1) is 0 Å². The Balaban J connectivity index is 2.16. The first-order valence-electron chi connectivity index (χ1n) is 10.5. The maximum Gasteiger partial charge on any atom is 0.322 e. The summed E-state index contributed by atoms with van der Waals surface area (Å²) in [4.78, 5) is 14.1. The minimum absolute atomic E-state index is 0.0707. The minimum Gasteiger partial charge on any atom is -0.490 e. The first-order valence-corrected chi connectivity index (χ1v) is 12.3. The van der Waals surface area contributed by atoms with Crippen molar-refractivity contribution in [2.75, 3.05) is 27.2 Å². The molecule has 0 radical (unpaired) electrons. The second-order valence-corrected chi connectivity index (χ2v) is 10.8. The van der Waals surface area contributed by atoms with Crippen LogP contribution in [0.2, 0.25) is 5.02 Å². The number of hydrogen-bond donors (Lipinski definition) is 1. The number of fused-ring (bicyclic) bond motifs is 1. The number of aryl methyl sites for hydroxylation is 1. The third-order valence-corrected chi connectivity index (χ3v) is 8.27. The van der Waals surface area contributed by atoms with E-state index in [0.717, 1.165) is 9.87 Å². The van der Waals surface area contributed by atoms with Gasteiger partial charge in [0.15, 0.2) is 0 Å². The SMILES string of the molecule is Cc1ccc(F)c(C(C)[C@@H](C(=O)O)N2CCOc3c(ccc(Cl)c3CN(C)C)S2(=O)=O)c1C. The molecule has 1 N–H and O–H groups in total. The zero-order valence-corrected chi connectivity index (χ0v) is 20.8. The predicted octanol–water partition coefficient (Wildman–Crippen LogP) is 3.80. The van der Waals surface area contributed by atoms with E-state index in [1.54, 1.807) is 19.9 Å². The van der Waals surface area contributed by atoms with Gasteiger partial charge in [0, 0.05) is 29.6 Å². The van der Waals surface area contributed by atoms with Gasteiger partial charge in [0.05, 0.1) is 0 Å². The molecular weight excluding hydrogens is 471 g/mol. The molecule has 1 heterocycles. The normalized spacial score (nSPS) is 17.7. The van der Waals surface area contributed by atoms with Crippen molar-refractivity contribution in [3.8, 4) is 5.75 Å². The number of carbonyl (C=O) groups is 1. The molecule has 2 atom stereocenters. The number of halogens is 2. The predicted molar refractivity (Wildman–Crippen MR) is 124 cm³/mol. The van der Waals surface area contributed by atoms with Crippen molar-refractivity contribution < 1.29 is 27.4 Å². The van der Waals surface area contributed by atoms with Crippen LogP contribution >= 0.6 is 11.6 Å². The molecule has 0 bridgehead atoms. The van der Waals surface area contributed by atoms with Gasteiger partial charge >= 0.3 is 5.97 Å². The van der Waals surface area contributed by atoms with Gasteiger partial charge in [-0.1, -0.05) is 24.6 Å². The Hall–Kier alpha value is -2.20. The highest BCUT2D eigenvalue weighted by molar-refractivity contribution is 7.89. The summed E-state index contributed by atoms with van der Waals surface area (Å²) in [6.07, 6.45) is 0. The molecule has 1 aliphatic rings. The second-order valence-electron chi connectivity index (χ2n) is 8.53. The lowest BCUT2D eigenvalue weighted by atomic mass is 9.87. The Bertz CT molecular complexity index is 1190. The summed E-state index contributed by atoms with van der Waals surface area (Å²) in [5.41, 5.74) is 2.08. The van der Waals surface area contributed by atoms with E-state index in [1.165, 1.54) is 25.1 Å². The van der Waals surface area contributed by atoms with Gasteiger partial charge in [-0.3, -0.25) is 4.79 Å². The van der Waals surface area contributed by atoms with Crippen LogP contribution in [0.25, 0.3) is 0 Å². The molecule has 1 unspecified atom stereocenters. The summed E-state index contributed by atoms with van der Waals surface area (Å²) in [6.45, 7) is 5.09. The fourth-order valence-corrected chi connectivity index (χ4v) is 6.29.